The number of rotatable bonds is 2. The van der Waals surface area contributed by atoms with E-state index >= 15 is 0 Å². The number of aromatic nitrogens is 2. The van der Waals surface area contributed by atoms with Gasteiger partial charge in [0.25, 0.3) is 0 Å². The maximum Gasteiger partial charge on any atom is 0.306 e. The van der Waals surface area contributed by atoms with Crippen molar-refractivity contribution in [1.29, 1.82) is 0 Å². The molecule has 0 radical (unpaired) electrons. The molecule has 0 N–H and O–H groups in total. The first-order chi connectivity index (χ1) is 9.25. The molecule has 0 aliphatic heterocycles. The molecule has 2 aromatic carbocycles. The van der Waals surface area contributed by atoms with Gasteiger partial charge in [-0.1, -0.05) is 42.5 Å². The number of hydrogen-bond donors (Lipinski definition) is 0. The van der Waals surface area contributed by atoms with Crippen molar-refractivity contribution in [3.8, 4) is 0 Å². The van der Waals surface area contributed by atoms with Gasteiger partial charge in [0, 0.05) is 0 Å². The average molecular weight is 250 g/mol. The molecule has 0 bridgehead atoms. The second-order valence-corrected chi connectivity index (χ2v) is 4.59. The second kappa shape index (κ2) is 4.69. The molecule has 0 spiro atoms. The van der Waals surface area contributed by atoms with Gasteiger partial charge in [0.1, 0.15) is 5.69 Å². The molecule has 0 saturated heterocycles. The number of benzene rings is 2. The summed E-state index contributed by atoms with van der Waals surface area (Å²) in [6.07, 6.45) is 0.552. The van der Waals surface area contributed by atoms with Gasteiger partial charge in [-0.2, -0.15) is 0 Å². The van der Waals surface area contributed by atoms with E-state index in [0.717, 1.165) is 21.2 Å². The van der Waals surface area contributed by atoms with Crippen LogP contribution < -0.4 is 4.73 Å². The first-order valence-electron chi connectivity index (χ1n) is 6.27. The van der Waals surface area contributed by atoms with Crippen molar-refractivity contribution in [3.05, 3.63) is 76.9 Å². The molecule has 0 aliphatic rings. The van der Waals surface area contributed by atoms with E-state index in [1.165, 1.54) is 0 Å². The van der Waals surface area contributed by atoms with E-state index in [1.807, 2.05) is 61.5 Å². The Kier molecular flexibility index (Phi) is 2.88. The Morgan fingerprint density at radius 3 is 2.47 bits per heavy atom. The van der Waals surface area contributed by atoms with E-state index in [-0.39, 0.29) is 0 Å². The van der Waals surface area contributed by atoms with Crippen LogP contribution in [0.15, 0.2) is 54.6 Å². The van der Waals surface area contributed by atoms with Gasteiger partial charge in [-0.25, -0.2) is 4.73 Å². The minimum absolute atomic E-state index is 0.544. The van der Waals surface area contributed by atoms with E-state index in [9.17, 15) is 5.21 Å². The third-order valence-corrected chi connectivity index (χ3v) is 3.29. The molecule has 0 fully saturated rings. The zero-order valence-corrected chi connectivity index (χ0v) is 10.7. The SMILES string of the molecule is Cc1c2ccccc2nc(Cc2ccccc2)[n+]1[O-]. The van der Waals surface area contributed by atoms with Gasteiger partial charge in [-0.05, 0) is 29.6 Å². The lowest BCUT2D eigenvalue weighted by molar-refractivity contribution is -0.622. The molecule has 0 aliphatic carbocycles. The number of fused-ring (bicyclic) bond motifs is 1. The van der Waals surface area contributed by atoms with Crippen LogP contribution in [-0.2, 0) is 6.42 Å². The summed E-state index contributed by atoms with van der Waals surface area (Å²) in [5, 5.41) is 13.2. The summed E-state index contributed by atoms with van der Waals surface area (Å²) in [6.45, 7) is 1.84. The molecule has 3 nitrogen and oxygen atoms in total. The summed E-state index contributed by atoms with van der Waals surface area (Å²) >= 11 is 0. The Labute approximate surface area is 111 Å². The molecule has 3 aromatic rings. The Morgan fingerprint density at radius 1 is 1.00 bits per heavy atom. The molecular weight excluding hydrogens is 236 g/mol. The molecule has 1 heterocycles. The van der Waals surface area contributed by atoms with Crippen molar-refractivity contribution < 1.29 is 4.73 Å². The van der Waals surface area contributed by atoms with E-state index in [1.54, 1.807) is 0 Å². The minimum Gasteiger partial charge on any atom is -0.711 e. The van der Waals surface area contributed by atoms with Gasteiger partial charge >= 0.3 is 5.82 Å². The standard InChI is InChI=1S/C16H14N2O/c1-12-14-9-5-6-10-15(14)17-16(18(12)19)11-13-7-3-2-4-8-13/h2-10H,11H2,1H3. The first-order valence-corrected chi connectivity index (χ1v) is 6.27. The predicted molar refractivity (Wildman–Crippen MR) is 74.7 cm³/mol. The highest BCUT2D eigenvalue weighted by Gasteiger charge is 2.15. The van der Waals surface area contributed by atoms with Gasteiger partial charge in [-0.15, -0.1) is 0 Å². The maximum absolute atomic E-state index is 12.2. The zero-order valence-electron chi connectivity index (χ0n) is 10.7. The van der Waals surface area contributed by atoms with Crippen LogP contribution in [0.5, 0.6) is 0 Å². The van der Waals surface area contributed by atoms with Crippen LogP contribution in [0.25, 0.3) is 10.9 Å². The van der Waals surface area contributed by atoms with Crippen LogP contribution in [0.1, 0.15) is 17.1 Å². The third kappa shape index (κ3) is 2.15. The van der Waals surface area contributed by atoms with Crippen LogP contribution in [0.4, 0.5) is 0 Å². The maximum atomic E-state index is 12.2. The van der Waals surface area contributed by atoms with E-state index in [4.69, 9.17) is 0 Å². The van der Waals surface area contributed by atoms with Gasteiger partial charge in [0.2, 0.25) is 0 Å². The summed E-state index contributed by atoms with van der Waals surface area (Å²) in [5.74, 6) is 0.544. The van der Waals surface area contributed by atoms with Crippen LogP contribution in [0.3, 0.4) is 0 Å². The molecule has 0 atom stereocenters. The quantitative estimate of drug-likeness (QED) is 0.518. The van der Waals surface area contributed by atoms with Crippen LogP contribution in [0, 0.1) is 12.1 Å². The fourth-order valence-electron chi connectivity index (χ4n) is 2.25. The lowest BCUT2D eigenvalue weighted by atomic mass is 10.1. The van der Waals surface area contributed by atoms with E-state index < -0.39 is 0 Å². The summed E-state index contributed by atoms with van der Waals surface area (Å²) in [6, 6.07) is 17.7. The fraction of sp³-hybridized carbons (Fsp3) is 0.125. The van der Waals surface area contributed by atoms with Gasteiger partial charge in [0.05, 0.1) is 11.8 Å². The van der Waals surface area contributed by atoms with Crippen molar-refractivity contribution >= 4 is 10.9 Å². The topological polar surface area (TPSA) is 39.8 Å². The zero-order chi connectivity index (χ0) is 13.2. The highest BCUT2D eigenvalue weighted by Crippen LogP contribution is 2.14. The molecule has 0 amide bonds. The first kappa shape index (κ1) is 11.7. The van der Waals surface area contributed by atoms with Crippen LogP contribution in [0.2, 0.25) is 0 Å². The Hall–Kier alpha value is -2.42. The lowest BCUT2D eigenvalue weighted by Gasteiger charge is -2.11. The molecule has 94 valence electrons. The van der Waals surface area contributed by atoms with Crippen LogP contribution >= 0.6 is 0 Å². The highest BCUT2D eigenvalue weighted by molar-refractivity contribution is 5.79. The Bertz CT molecular complexity index is 723. The molecule has 3 rings (SSSR count). The van der Waals surface area contributed by atoms with Crippen molar-refractivity contribution in [1.82, 2.24) is 4.98 Å². The highest BCUT2D eigenvalue weighted by atomic mass is 16.5. The van der Waals surface area contributed by atoms with Crippen LogP contribution in [-0.4, -0.2) is 4.98 Å². The number of nitrogens with zero attached hydrogens (tertiary/aromatic N) is 2. The summed E-state index contributed by atoms with van der Waals surface area (Å²) in [7, 11) is 0. The molecular formula is C16H14N2O. The molecule has 0 saturated carbocycles. The van der Waals surface area contributed by atoms with Crippen molar-refractivity contribution in [2.24, 2.45) is 0 Å². The second-order valence-electron chi connectivity index (χ2n) is 4.59. The van der Waals surface area contributed by atoms with Crippen molar-refractivity contribution in [2.45, 2.75) is 13.3 Å². The monoisotopic (exact) mass is 250 g/mol. The van der Waals surface area contributed by atoms with Gasteiger partial charge in [-0.3, -0.25) is 0 Å². The average Bonchev–Trinajstić information content (AvgIpc) is 2.46. The predicted octanol–water partition coefficient (Wildman–Crippen LogP) is 2.77. The lowest BCUT2D eigenvalue weighted by Crippen LogP contribution is -2.37. The minimum atomic E-state index is 0.544. The molecule has 1 aromatic heterocycles. The molecule has 0 unspecified atom stereocenters. The number of para-hydroxylation sites is 1. The Morgan fingerprint density at radius 2 is 1.68 bits per heavy atom. The van der Waals surface area contributed by atoms with E-state index in [0.29, 0.717) is 17.9 Å². The van der Waals surface area contributed by atoms with Crippen molar-refractivity contribution in [3.63, 3.8) is 0 Å². The Balaban J connectivity index is 2.11. The van der Waals surface area contributed by atoms with E-state index in [2.05, 4.69) is 4.98 Å². The molecule has 3 heteroatoms. The summed E-state index contributed by atoms with van der Waals surface area (Å²) < 4.78 is 0.940. The van der Waals surface area contributed by atoms with Gasteiger partial charge in [0.15, 0.2) is 5.52 Å². The summed E-state index contributed by atoms with van der Waals surface area (Å²) in [4.78, 5) is 4.48. The number of hydrogen-bond acceptors (Lipinski definition) is 2. The van der Waals surface area contributed by atoms with Gasteiger partial charge < -0.3 is 5.21 Å². The van der Waals surface area contributed by atoms with Crippen molar-refractivity contribution in [2.75, 3.05) is 0 Å². The molecule has 19 heavy (non-hydrogen) atoms. The smallest absolute Gasteiger partial charge is 0.306 e. The third-order valence-electron chi connectivity index (χ3n) is 3.29. The fourth-order valence-corrected chi connectivity index (χ4v) is 2.25. The summed E-state index contributed by atoms with van der Waals surface area (Å²) in [5.41, 5.74) is 2.67. The largest absolute Gasteiger partial charge is 0.711 e. The normalized spacial score (nSPS) is 10.8. The number of aryl methyl sites for hydroxylation is 1.